The normalized spacial score (nSPS) is 25.9. The van der Waals surface area contributed by atoms with E-state index in [9.17, 15) is 4.79 Å². The Hall–Kier alpha value is -1.20. The van der Waals surface area contributed by atoms with Crippen LogP contribution < -0.4 is 5.32 Å². The van der Waals surface area contributed by atoms with Crippen molar-refractivity contribution in [2.75, 3.05) is 25.5 Å². The van der Waals surface area contributed by atoms with E-state index in [1.165, 1.54) is 10.5 Å². The Morgan fingerprint density at radius 1 is 1.45 bits per heavy atom. The molecule has 1 aromatic carbocycles. The molecular weight excluding hydrogens is 272 g/mol. The number of benzene rings is 1. The van der Waals surface area contributed by atoms with Crippen molar-refractivity contribution in [3.63, 3.8) is 0 Å². The molecule has 0 unspecified atom stereocenters. The van der Waals surface area contributed by atoms with Gasteiger partial charge in [-0.1, -0.05) is 18.2 Å². The Balaban J connectivity index is 1.70. The Labute approximate surface area is 123 Å². The first kappa shape index (κ1) is 13.8. The maximum Gasteiger partial charge on any atom is 0.318 e. The Kier molecular flexibility index (Phi) is 4.17. The Morgan fingerprint density at radius 3 is 3.15 bits per heavy atom. The van der Waals surface area contributed by atoms with Crippen molar-refractivity contribution in [3.05, 3.63) is 29.8 Å². The molecule has 20 heavy (non-hydrogen) atoms. The van der Waals surface area contributed by atoms with Crippen LogP contribution in [0.2, 0.25) is 0 Å². The third kappa shape index (κ3) is 2.79. The van der Waals surface area contributed by atoms with E-state index in [4.69, 9.17) is 4.74 Å². The number of carbonyl (C=O) groups is 1. The van der Waals surface area contributed by atoms with Gasteiger partial charge in [0, 0.05) is 17.2 Å². The number of hydrogen-bond donors (Lipinski definition) is 1. The number of fused-ring (bicyclic) bond motifs is 1. The van der Waals surface area contributed by atoms with Gasteiger partial charge in [-0.15, -0.1) is 11.8 Å². The lowest BCUT2D eigenvalue weighted by molar-refractivity contribution is 0.0183. The van der Waals surface area contributed by atoms with Crippen LogP contribution in [0.15, 0.2) is 29.2 Å². The zero-order valence-electron chi connectivity index (χ0n) is 11.7. The maximum absolute atomic E-state index is 12.4. The number of urea groups is 1. The molecule has 1 fully saturated rings. The van der Waals surface area contributed by atoms with Gasteiger partial charge in [0.15, 0.2) is 0 Å². The first-order valence-electron chi connectivity index (χ1n) is 7.12. The third-order valence-corrected chi connectivity index (χ3v) is 5.01. The molecule has 1 N–H and O–H groups in total. The minimum absolute atomic E-state index is 0.0347. The number of ether oxygens (including phenoxy) is 1. The molecule has 0 saturated carbocycles. The van der Waals surface area contributed by atoms with Gasteiger partial charge in [0.1, 0.15) is 0 Å². The van der Waals surface area contributed by atoms with E-state index < -0.39 is 0 Å². The summed E-state index contributed by atoms with van der Waals surface area (Å²) in [5, 5.41) is 3.19. The summed E-state index contributed by atoms with van der Waals surface area (Å²) in [6.45, 7) is 3.97. The summed E-state index contributed by atoms with van der Waals surface area (Å²) in [7, 11) is 0. The summed E-state index contributed by atoms with van der Waals surface area (Å²) in [5.74, 6) is 1.06. The highest BCUT2D eigenvalue weighted by molar-refractivity contribution is 7.99. The van der Waals surface area contributed by atoms with E-state index >= 15 is 0 Å². The summed E-state index contributed by atoms with van der Waals surface area (Å²) >= 11 is 1.87. The van der Waals surface area contributed by atoms with Gasteiger partial charge in [-0.05, 0) is 25.0 Å². The summed E-state index contributed by atoms with van der Waals surface area (Å²) < 4.78 is 5.38. The largest absolute Gasteiger partial charge is 0.377 e. The van der Waals surface area contributed by atoms with Crippen LogP contribution >= 0.6 is 11.8 Å². The predicted molar refractivity (Wildman–Crippen MR) is 80.0 cm³/mol. The molecule has 0 aromatic heterocycles. The standard InChI is InChI=1S/C15H20N2O2S/c1-11-10-19-8-7-17(11)15(18)16-13-6-9-20-14-5-3-2-4-12(13)14/h2-5,11,13H,6-10H2,1H3,(H,16,18)/t11-,13+/m0/s1. The van der Waals surface area contributed by atoms with Gasteiger partial charge >= 0.3 is 6.03 Å². The van der Waals surface area contributed by atoms with Gasteiger partial charge in [0.05, 0.1) is 25.3 Å². The molecule has 2 aliphatic heterocycles. The van der Waals surface area contributed by atoms with Crippen molar-refractivity contribution >= 4 is 17.8 Å². The van der Waals surface area contributed by atoms with Crippen molar-refractivity contribution in [1.82, 2.24) is 10.2 Å². The number of morpholine rings is 1. The average Bonchev–Trinajstić information content (AvgIpc) is 2.48. The molecule has 108 valence electrons. The lowest BCUT2D eigenvalue weighted by atomic mass is 10.0. The SMILES string of the molecule is C[C@H]1COCCN1C(=O)N[C@@H]1CCSc2ccccc21. The number of carbonyl (C=O) groups excluding carboxylic acids is 1. The second-order valence-corrected chi connectivity index (χ2v) is 6.43. The van der Waals surface area contributed by atoms with Gasteiger partial charge in [0.25, 0.3) is 0 Å². The van der Waals surface area contributed by atoms with E-state index in [2.05, 4.69) is 23.5 Å². The molecule has 0 bridgehead atoms. The summed E-state index contributed by atoms with van der Waals surface area (Å²) in [6, 6.07) is 8.67. The lowest BCUT2D eigenvalue weighted by Crippen LogP contribution is -2.52. The minimum Gasteiger partial charge on any atom is -0.377 e. The summed E-state index contributed by atoms with van der Waals surface area (Å²) in [6.07, 6.45) is 0.992. The molecule has 4 nitrogen and oxygen atoms in total. The smallest absolute Gasteiger partial charge is 0.318 e. The summed E-state index contributed by atoms with van der Waals surface area (Å²) in [4.78, 5) is 15.6. The van der Waals surface area contributed by atoms with Gasteiger partial charge in [-0.2, -0.15) is 0 Å². The summed E-state index contributed by atoms with van der Waals surface area (Å²) in [5.41, 5.74) is 1.25. The lowest BCUT2D eigenvalue weighted by Gasteiger charge is -2.35. The van der Waals surface area contributed by atoms with Crippen molar-refractivity contribution in [2.45, 2.75) is 30.3 Å². The maximum atomic E-state index is 12.4. The molecule has 2 heterocycles. The monoisotopic (exact) mass is 292 g/mol. The molecule has 0 radical (unpaired) electrons. The molecule has 1 aromatic rings. The number of nitrogens with one attached hydrogen (secondary N) is 1. The fourth-order valence-corrected chi connectivity index (χ4v) is 3.88. The number of amides is 2. The van der Waals surface area contributed by atoms with Crippen molar-refractivity contribution in [2.24, 2.45) is 0 Å². The molecule has 2 amide bonds. The van der Waals surface area contributed by atoms with Gasteiger partial charge < -0.3 is 15.0 Å². The molecule has 3 rings (SSSR count). The van der Waals surface area contributed by atoms with Gasteiger partial charge in [0.2, 0.25) is 0 Å². The molecule has 0 aliphatic carbocycles. The second kappa shape index (κ2) is 6.06. The van der Waals surface area contributed by atoms with E-state index in [0.717, 1.165) is 12.2 Å². The average molecular weight is 292 g/mol. The van der Waals surface area contributed by atoms with Crippen LogP contribution in [0.3, 0.4) is 0 Å². The topological polar surface area (TPSA) is 41.6 Å². The third-order valence-electron chi connectivity index (χ3n) is 3.88. The van der Waals surface area contributed by atoms with Crippen LogP contribution in [-0.2, 0) is 4.74 Å². The van der Waals surface area contributed by atoms with E-state index in [1.807, 2.05) is 29.7 Å². The van der Waals surface area contributed by atoms with Crippen LogP contribution in [0.4, 0.5) is 4.79 Å². The molecule has 1 saturated heterocycles. The number of rotatable bonds is 1. The predicted octanol–water partition coefficient (Wildman–Crippen LogP) is 2.65. The van der Waals surface area contributed by atoms with E-state index in [1.54, 1.807) is 0 Å². The first-order chi connectivity index (χ1) is 9.75. The zero-order valence-corrected chi connectivity index (χ0v) is 12.5. The highest BCUT2D eigenvalue weighted by Gasteiger charge is 2.27. The van der Waals surface area contributed by atoms with Gasteiger partial charge in [-0.25, -0.2) is 4.79 Å². The first-order valence-corrected chi connectivity index (χ1v) is 8.11. The Morgan fingerprint density at radius 2 is 2.30 bits per heavy atom. The van der Waals surface area contributed by atoms with Crippen LogP contribution in [-0.4, -0.2) is 42.5 Å². The van der Waals surface area contributed by atoms with Crippen molar-refractivity contribution < 1.29 is 9.53 Å². The molecule has 0 spiro atoms. The van der Waals surface area contributed by atoms with Crippen molar-refractivity contribution in [3.8, 4) is 0 Å². The minimum atomic E-state index is 0.0347. The highest BCUT2D eigenvalue weighted by atomic mass is 32.2. The van der Waals surface area contributed by atoms with Crippen LogP contribution in [0.5, 0.6) is 0 Å². The molecule has 2 aliphatic rings. The fraction of sp³-hybridized carbons (Fsp3) is 0.533. The van der Waals surface area contributed by atoms with E-state index in [0.29, 0.717) is 19.8 Å². The number of thioether (sulfide) groups is 1. The Bertz CT molecular complexity index is 495. The molecule has 2 atom stereocenters. The molecular formula is C15H20N2O2S. The van der Waals surface area contributed by atoms with Crippen LogP contribution in [0, 0.1) is 0 Å². The number of hydrogen-bond acceptors (Lipinski definition) is 3. The number of nitrogens with zero attached hydrogens (tertiary/aromatic N) is 1. The van der Waals surface area contributed by atoms with Crippen LogP contribution in [0.25, 0.3) is 0 Å². The fourth-order valence-electron chi connectivity index (χ4n) is 2.75. The zero-order chi connectivity index (χ0) is 13.9. The molecule has 5 heteroatoms. The van der Waals surface area contributed by atoms with E-state index in [-0.39, 0.29) is 18.1 Å². The van der Waals surface area contributed by atoms with Gasteiger partial charge in [-0.3, -0.25) is 0 Å². The highest BCUT2D eigenvalue weighted by Crippen LogP contribution is 2.35. The van der Waals surface area contributed by atoms with Crippen LogP contribution in [0.1, 0.15) is 24.9 Å². The quantitative estimate of drug-likeness (QED) is 0.865. The second-order valence-electron chi connectivity index (χ2n) is 5.29. The van der Waals surface area contributed by atoms with Crippen molar-refractivity contribution in [1.29, 1.82) is 0 Å².